The predicted octanol–water partition coefficient (Wildman–Crippen LogP) is 1.25. The molecule has 0 aromatic rings. The molecule has 7 heteroatoms. The third-order valence-corrected chi connectivity index (χ3v) is 4.55. The zero-order valence-corrected chi connectivity index (χ0v) is 13.6. The summed E-state index contributed by atoms with van der Waals surface area (Å²) in [5.41, 5.74) is 0. The van der Waals surface area contributed by atoms with E-state index in [-0.39, 0.29) is 42.3 Å². The van der Waals surface area contributed by atoms with Gasteiger partial charge in [0.15, 0.2) is 0 Å². The van der Waals surface area contributed by atoms with E-state index >= 15 is 0 Å². The first-order chi connectivity index (χ1) is 10.9. The molecule has 23 heavy (non-hydrogen) atoms. The molecule has 1 heterocycles. The highest BCUT2D eigenvalue weighted by Crippen LogP contribution is 2.31. The first-order valence-electron chi connectivity index (χ1n) is 8.02. The number of rotatable bonds is 5. The van der Waals surface area contributed by atoms with Crippen LogP contribution in [0.4, 0.5) is 0 Å². The Balaban J connectivity index is 1.73. The Bertz CT molecular complexity index is 495. The molecule has 128 valence electrons. The molecule has 0 bridgehead atoms. The molecule has 0 spiro atoms. The summed E-state index contributed by atoms with van der Waals surface area (Å²) in [6.07, 6.45) is 3.18. The maximum atomic E-state index is 11.9. The normalized spacial score (nSPS) is 27.9. The van der Waals surface area contributed by atoms with Crippen LogP contribution in [-0.2, 0) is 28.7 Å². The molecule has 7 nitrogen and oxygen atoms in total. The summed E-state index contributed by atoms with van der Waals surface area (Å²) in [5, 5.41) is 0. The summed E-state index contributed by atoms with van der Waals surface area (Å²) in [7, 11) is 0. The molecule has 0 radical (unpaired) electrons. The number of amides is 2. The minimum atomic E-state index is -0.490. The summed E-state index contributed by atoms with van der Waals surface area (Å²) in [5.74, 6) is -1.20. The third-order valence-electron chi connectivity index (χ3n) is 4.55. The van der Waals surface area contributed by atoms with Crippen LogP contribution >= 0.6 is 0 Å². The summed E-state index contributed by atoms with van der Waals surface area (Å²) >= 11 is 0. The minimum absolute atomic E-state index is 0.0853. The second-order valence-corrected chi connectivity index (χ2v) is 6.38. The van der Waals surface area contributed by atoms with E-state index in [0.717, 1.165) is 12.8 Å². The van der Waals surface area contributed by atoms with Crippen molar-refractivity contribution in [3.8, 4) is 0 Å². The van der Waals surface area contributed by atoms with Crippen LogP contribution in [0, 0.1) is 17.8 Å². The number of esters is 2. The minimum Gasteiger partial charge on any atom is -0.428 e. The molecule has 1 aliphatic carbocycles. The van der Waals surface area contributed by atoms with Gasteiger partial charge in [-0.15, -0.1) is 0 Å². The topological polar surface area (TPSA) is 90.0 Å². The molecule has 2 rings (SSSR count). The van der Waals surface area contributed by atoms with E-state index in [1.165, 1.54) is 11.8 Å². The first kappa shape index (κ1) is 17.4. The van der Waals surface area contributed by atoms with Gasteiger partial charge in [-0.3, -0.25) is 24.1 Å². The Kier molecular flexibility index (Phi) is 5.74. The number of imide groups is 1. The monoisotopic (exact) mass is 325 g/mol. The summed E-state index contributed by atoms with van der Waals surface area (Å²) in [6.45, 7) is 3.14. The lowest BCUT2D eigenvalue weighted by Gasteiger charge is -2.29. The average molecular weight is 325 g/mol. The molecule has 2 aliphatic rings. The van der Waals surface area contributed by atoms with Crippen LogP contribution in [0.15, 0.2) is 0 Å². The van der Waals surface area contributed by atoms with Gasteiger partial charge in [0, 0.05) is 25.8 Å². The van der Waals surface area contributed by atoms with Crippen molar-refractivity contribution in [1.82, 2.24) is 4.90 Å². The summed E-state index contributed by atoms with van der Waals surface area (Å²) in [6, 6.07) is 0. The van der Waals surface area contributed by atoms with Crippen molar-refractivity contribution in [1.29, 1.82) is 0 Å². The number of carbonyl (C=O) groups excluding carboxylic acids is 4. The van der Waals surface area contributed by atoms with Gasteiger partial charge < -0.3 is 9.47 Å². The molecule has 1 unspecified atom stereocenters. The van der Waals surface area contributed by atoms with Crippen molar-refractivity contribution in [2.75, 3.05) is 13.3 Å². The van der Waals surface area contributed by atoms with Crippen molar-refractivity contribution in [3.63, 3.8) is 0 Å². The molecular weight excluding hydrogens is 302 g/mol. The Morgan fingerprint density at radius 1 is 1.13 bits per heavy atom. The number of hydrogen-bond donors (Lipinski definition) is 0. The van der Waals surface area contributed by atoms with Crippen LogP contribution in [0.25, 0.3) is 0 Å². The molecule has 0 aromatic heterocycles. The maximum absolute atomic E-state index is 11.9. The van der Waals surface area contributed by atoms with Crippen LogP contribution in [0.5, 0.6) is 0 Å². The molecule has 1 aliphatic heterocycles. The fourth-order valence-corrected chi connectivity index (χ4v) is 3.17. The van der Waals surface area contributed by atoms with E-state index in [2.05, 4.69) is 4.74 Å². The van der Waals surface area contributed by atoms with E-state index in [9.17, 15) is 19.2 Å². The molecule has 1 atom stereocenters. The highest BCUT2D eigenvalue weighted by molar-refractivity contribution is 6.03. The van der Waals surface area contributed by atoms with E-state index in [1.54, 1.807) is 6.92 Å². The Morgan fingerprint density at radius 2 is 1.78 bits per heavy atom. The van der Waals surface area contributed by atoms with Gasteiger partial charge in [0.2, 0.25) is 18.6 Å². The van der Waals surface area contributed by atoms with Crippen LogP contribution in [0.1, 0.15) is 46.0 Å². The summed E-state index contributed by atoms with van der Waals surface area (Å²) < 4.78 is 9.49. The third kappa shape index (κ3) is 4.53. The van der Waals surface area contributed by atoms with Gasteiger partial charge >= 0.3 is 11.9 Å². The Morgan fingerprint density at radius 3 is 2.30 bits per heavy atom. The molecule has 0 aromatic carbocycles. The van der Waals surface area contributed by atoms with Gasteiger partial charge in [0.1, 0.15) is 0 Å². The van der Waals surface area contributed by atoms with Gasteiger partial charge in [-0.05, 0) is 31.6 Å². The van der Waals surface area contributed by atoms with Gasteiger partial charge in [-0.1, -0.05) is 6.92 Å². The number of ether oxygens (including phenoxy) is 2. The van der Waals surface area contributed by atoms with E-state index < -0.39 is 5.97 Å². The number of nitrogens with zero attached hydrogens (tertiary/aromatic N) is 1. The van der Waals surface area contributed by atoms with Gasteiger partial charge in [0.25, 0.3) is 0 Å². The van der Waals surface area contributed by atoms with E-state index in [4.69, 9.17) is 4.74 Å². The number of likely N-dealkylation sites (tertiary alicyclic amines) is 1. The smallest absolute Gasteiger partial charge is 0.311 e. The molecule has 2 amide bonds. The van der Waals surface area contributed by atoms with E-state index in [1.807, 2.05) is 0 Å². The zero-order valence-electron chi connectivity index (χ0n) is 13.6. The summed E-state index contributed by atoms with van der Waals surface area (Å²) in [4.78, 5) is 47.6. The second kappa shape index (κ2) is 7.57. The lowest BCUT2D eigenvalue weighted by molar-refractivity contribution is -0.170. The zero-order chi connectivity index (χ0) is 17.0. The molecule has 1 saturated heterocycles. The lowest BCUT2D eigenvalue weighted by atomic mass is 9.82. The highest BCUT2D eigenvalue weighted by Gasteiger charge is 2.37. The average Bonchev–Trinajstić information content (AvgIpc) is 2.74. The molecular formula is C16H23NO6. The van der Waals surface area contributed by atoms with Crippen molar-refractivity contribution >= 4 is 23.8 Å². The fraction of sp³-hybridized carbons (Fsp3) is 0.750. The molecule has 2 fully saturated rings. The van der Waals surface area contributed by atoms with Crippen molar-refractivity contribution < 1.29 is 28.7 Å². The van der Waals surface area contributed by atoms with Crippen LogP contribution in [-0.4, -0.2) is 42.0 Å². The quantitative estimate of drug-likeness (QED) is 0.429. The van der Waals surface area contributed by atoms with Crippen LogP contribution in [0.2, 0.25) is 0 Å². The fourth-order valence-electron chi connectivity index (χ4n) is 3.17. The van der Waals surface area contributed by atoms with Crippen LogP contribution < -0.4 is 0 Å². The van der Waals surface area contributed by atoms with Crippen molar-refractivity contribution in [2.24, 2.45) is 17.8 Å². The number of hydrogen-bond acceptors (Lipinski definition) is 6. The second-order valence-electron chi connectivity index (χ2n) is 6.38. The standard InChI is InChI=1S/C16H23NO6/c1-10-7-14(19)17(15(10)20)8-12-3-5-13(6-4-12)16(21)23-9-22-11(2)18/h10,12-13H,3-9H2,1-2H3. The van der Waals surface area contributed by atoms with Gasteiger partial charge in [-0.2, -0.15) is 0 Å². The van der Waals surface area contributed by atoms with E-state index in [0.29, 0.717) is 25.8 Å². The lowest BCUT2D eigenvalue weighted by Crippen LogP contribution is -2.37. The van der Waals surface area contributed by atoms with Crippen LogP contribution in [0.3, 0.4) is 0 Å². The molecule has 0 N–H and O–H groups in total. The van der Waals surface area contributed by atoms with Gasteiger partial charge in [-0.25, -0.2) is 0 Å². The number of carbonyl (C=O) groups is 4. The maximum Gasteiger partial charge on any atom is 0.311 e. The first-order valence-corrected chi connectivity index (χ1v) is 8.02. The highest BCUT2D eigenvalue weighted by atomic mass is 16.7. The van der Waals surface area contributed by atoms with Crippen molar-refractivity contribution in [2.45, 2.75) is 46.0 Å². The van der Waals surface area contributed by atoms with Gasteiger partial charge in [0.05, 0.1) is 5.92 Å². The Labute approximate surface area is 135 Å². The Hall–Kier alpha value is -1.92. The van der Waals surface area contributed by atoms with Crippen molar-refractivity contribution in [3.05, 3.63) is 0 Å². The largest absolute Gasteiger partial charge is 0.428 e. The SMILES string of the molecule is CC(=O)OCOC(=O)C1CCC(CN2C(=O)CC(C)C2=O)CC1. The molecule has 1 saturated carbocycles. The predicted molar refractivity (Wildman–Crippen MR) is 78.7 cm³/mol.